The molecule has 15 aromatic rings. The lowest BCUT2D eigenvalue weighted by atomic mass is 9.73. The molecule has 0 radical (unpaired) electrons. The SMILES string of the molecule is CC1(C)c2ccccc2N(c2ccc3c(=O)c4ccc(-c5ccc6nc(-c7ccc(N8c9ccccc9N(c9ccc(-c%10nc%11ccccc%11n%10-c%10ccccc%10)cc9)c9ccccc98)cc7)n(-c7ccccc7)c6c5)cc4oc3c2)c2ccccc21. The molecule has 0 saturated carbocycles. The van der Waals surface area contributed by atoms with E-state index in [9.17, 15) is 4.79 Å². The Morgan fingerprint density at radius 2 is 0.713 bits per heavy atom. The van der Waals surface area contributed by atoms with Crippen molar-refractivity contribution in [3.05, 3.63) is 306 Å². The predicted molar refractivity (Wildman–Crippen MR) is 355 cm³/mol. The first kappa shape index (κ1) is 50.0. The van der Waals surface area contributed by atoms with E-state index in [1.54, 1.807) is 0 Å². The van der Waals surface area contributed by atoms with Crippen LogP contribution in [-0.2, 0) is 5.41 Å². The predicted octanol–water partition coefficient (Wildman–Crippen LogP) is 20.0. The number of aromatic nitrogens is 4. The summed E-state index contributed by atoms with van der Waals surface area (Å²) in [5, 5.41) is 1.08. The molecular formula is C78H53N7O2. The van der Waals surface area contributed by atoms with Crippen LogP contribution < -0.4 is 20.1 Å². The van der Waals surface area contributed by atoms with Crippen molar-refractivity contribution < 1.29 is 4.42 Å². The Bertz CT molecular complexity index is 5200. The average Bonchev–Trinajstić information content (AvgIpc) is 1.71. The highest BCUT2D eigenvalue weighted by molar-refractivity contribution is 6.02. The van der Waals surface area contributed by atoms with Crippen LogP contribution in [0.2, 0.25) is 0 Å². The van der Waals surface area contributed by atoms with Gasteiger partial charge in [0.15, 0.2) is 0 Å². The van der Waals surface area contributed by atoms with E-state index in [4.69, 9.17) is 14.4 Å². The van der Waals surface area contributed by atoms with E-state index in [2.05, 4.69) is 268 Å². The maximum atomic E-state index is 14.3. The van der Waals surface area contributed by atoms with Gasteiger partial charge in [-0.2, -0.15) is 0 Å². The van der Waals surface area contributed by atoms with Crippen molar-refractivity contribution in [2.45, 2.75) is 19.3 Å². The molecule has 2 aliphatic heterocycles. The number of rotatable bonds is 8. The van der Waals surface area contributed by atoms with Crippen molar-refractivity contribution >= 4 is 95.2 Å². The van der Waals surface area contributed by atoms with Gasteiger partial charge < -0.3 is 19.1 Å². The maximum absolute atomic E-state index is 14.3. The first-order valence-corrected chi connectivity index (χ1v) is 29.4. The molecule has 17 rings (SSSR count). The van der Waals surface area contributed by atoms with Gasteiger partial charge in [0.05, 0.1) is 67.0 Å². The van der Waals surface area contributed by atoms with E-state index in [0.717, 1.165) is 119 Å². The molecule has 0 saturated heterocycles. The minimum Gasteiger partial charge on any atom is -0.456 e. The lowest BCUT2D eigenvalue weighted by Crippen LogP contribution is -2.30. The highest BCUT2D eigenvalue weighted by atomic mass is 16.3. The molecule has 0 unspecified atom stereocenters. The number of anilines is 9. The van der Waals surface area contributed by atoms with Gasteiger partial charge in [-0.1, -0.05) is 135 Å². The van der Waals surface area contributed by atoms with Gasteiger partial charge >= 0.3 is 0 Å². The van der Waals surface area contributed by atoms with Crippen LogP contribution in [-0.4, -0.2) is 19.1 Å². The standard InChI is InChI=1S/C78H53N7O2/c1-78(2)61-23-9-12-26-65(61)83(66-27-13-10-24-62(66)78)58-43-45-60-74(49-58)87-73-48-53(37-44-59(73)75(60)86)52-38-46-64-72(47-52)85(55-21-7-4-8-22-55)77(80-64)51-35-41-57(42-36-51)82-70-31-17-15-29-68(70)81(69-30-16-18-32-71(69)82)56-39-33-50(34-40-56)76-79-63-25-11-14-28-67(63)84(76)54-19-5-3-6-20-54/h3-49H,1-2H3. The molecule has 87 heavy (non-hydrogen) atoms. The highest BCUT2D eigenvalue weighted by Crippen LogP contribution is 2.55. The first-order chi connectivity index (χ1) is 42.8. The van der Waals surface area contributed by atoms with Crippen LogP contribution in [0.5, 0.6) is 0 Å². The number of benzene rings is 12. The molecule has 3 aromatic heterocycles. The zero-order valence-corrected chi connectivity index (χ0v) is 47.6. The van der Waals surface area contributed by atoms with Crippen molar-refractivity contribution in [1.82, 2.24) is 19.1 Å². The van der Waals surface area contributed by atoms with E-state index < -0.39 is 0 Å². The van der Waals surface area contributed by atoms with Crippen molar-refractivity contribution in [2.24, 2.45) is 0 Å². The lowest BCUT2D eigenvalue weighted by molar-refractivity contribution is 0.631. The Balaban J connectivity index is 0.713. The summed E-state index contributed by atoms with van der Waals surface area (Å²) >= 11 is 0. The summed E-state index contributed by atoms with van der Waals surface area (Å²) in [6.45, 7) is 4.57. The second-order valence-corrected chi connectivity index (χ2v) is 23.0. The summed E-state index contributed by atoms with van der Waals surface area (Å²) in [7, 11) is 0. The van der Waals surface area contributed by atoms with Gasteiger partial charge in [0.2, 0.25) is 5.43 Å². The Morgan fingerprint density at radius 1 is 0.322 bits per heavy atom. The Hall–Kier alpha value is -11.6. The molecule has 0 aliphatic carbocycles. The van der Waals surface area contributed by atoms with Gasteiger partial charge in [-0.3, -0.25) is 13.9 Å². The molecule has 9 nitrogen and oxygen atoms in total. The second kappa shape index (κ2) is 19.5. The summed E-state index contributed by atoms with van der Waals surface area (Å²) in [5.41, 5.74) is 22.5. The summed E-state index contributed by atoms with van der Waals surface area (Å²) in [5.74, 6) is 1.72. The zero-order chi connectivity index (χ0) is 57.9. The summed E-state index contributed by atoms with van der Waals surface area (Å²) in [4.78, 5) is 31.8. The lowest BCUT2D eigenvalue weighted by Gasteiger charge is -2.42. The van der Waals surface area contributed by atoms with Gasteiger partial charge in [-0.25, -0.2) is 9.97 Å². The molecular weight excluding hydrogens is 1070 g/mol. The Morgan fingerprint density at radius 3 is 1.26 bits per heavy atom. The molecule has 12 aromatic carbocycles. The Kier molecular flexibility index (Phi) is 11.2. The smallest absolute Gasteiger partial charge is 0.200 e. The van der Waals surface area contributed by atoms with E-state index in [0.29, 0.717) is 21.9 Å². The van der Waals surface area contributed by atoms with Crippen LogP contribution >= 0.6 is 0 Å². The van der Waals surface area contributed by atoms with Crippen molar-refractivity contribution in [3.63, 3.8) is 0 Å². The fraction of sp³-hybridized carbons (Fsp3) is 0.0385. The molecule has 0 bridgehead atoms. The Labute approximate surface area is 501 Å². The maximum Gasteiger partial charge on any atom is 0.200 e. The summed E-state index contributed by atoms with van der Waals surface area (Å²) in [6, 6.07) is 99.4. The van der Waals surface area contributed by atoms with E-state index in [1.807, 2.05) is 54.6 Å². The fourth-order valence-electron chi connectivity index (χ4n) is 13.5. The molecule has 412 valence electrons. The topological polar surface area (TPSA) is 75.6 Å². The number of hydrogen-bond donors (Lipinski definition) is 0. The highest BCUT2D eigenvalue weighted by Gasteiger charge is 2.37. The van der Waals surface area contributed by atoms with Crippen LogP contribution in [0, 0.1) is 0 Å². The van der Waals surface area contributed by atoms with Crippen LogP contribution in [0.1, 0.15) is 25.0 Å². The van der Waals surface area contributed by atoms with Gasteiger partial charge in [0.25, 0.3) is 0 Å². The van der Waals surface area contributed by atoms with E-state index in [1.165, 1.54) is 11.1 Å². The second-order valence-electron chi connectivity index (χ2n) is 23.0. The molecule has 0 N–H and O–H groups in total. The molecule has 0 fully saturated rings. The molecule has 5 heterocycles. The van der Waals surface area contributed by atoms with Gasteiger partial charge in [0, 0.05) is 51.0 Å². The molecule has 0 spiro atoms. The van der Waals surface area contributed by atoms with Crippen LogP contribution in [0.25, 0.3) is 89.3 Å². The van der Waals surface area contributed by atoms with Crippen LogP contribution in [0.3, 0.4) is 0 Å². The molecule has 0 amide bonds. The first-order valence-electron chi connectivity index (χ1n) is 29.4. The van der Waals surface area contributed by atoms with Crippen molar-refractivity contribution in [3.8, 4) is 45.3 Å². The zero-order valence-electron chi connectivity index (χ0n) is 47.6. The van der Waals surface area contributed by atoms with Crippen LogP contribution in [0.4, 0.5) is 51.2 Å². The largest absolute Gasteiger partial charge is 0.456 e. The fourth-order valence-corrected chi connectivity index (χ4v) is 13.5. The number of fused-ring (bicyclic) bond motifs is 8. The average molecular weight is 1120 g/mol. The number of hydrogen-bond acceptors (Lipinski definition) is 7. The third-order valence-electron chi connectivity index (χ3n) is 17.6. The monoisotopic (exact) mass is 1120 g/mol. The number of nitrogens with zero attached hydrogens (tertiary/aromatic N) is 7. The minimum atomic E-state index is -0.194. The molecule has 2 aliphatic rings. The van der Waals surface area contributed by atoms with Crippen LogP contribution in [0.15, 0.2) is 294 Å². The minimum absolute atomic E-state index is 0.0610. The van der Waals surface area contributed by atoms with E-state index in [-0.39, 0.29) is 10.8 Å². The van der Waals surface area contributed by atoms with E-state index >= 15 is 0 Å². The van der Waals surface area contributed by atoms with Gasteiger partial charge in [0.1, 0.15) is 22.8 Å². The third kappa shape index (κ3) is 7.90. The molecule has 0 atom stereocenters. The van der Waals surface area contributed by atoms with Crippen molar-refractivity contribution in [1.29, 1.82) is 0 Å². The normalized spacial score (nSPS) is 13.2. The summed E-state index contributed by atoms with van der Waals surface area (Å²) < 4.78 is 11.3. The molecule has 9 heteroatoms. The summed E-state index contributed by atoms with van der Waals surface area (Å²) in [6.07, 6.45) is 0. The van der Waals surface area contributed by atoms with Gasteiger partial charge in [-0.15, -0.1) is 0 Å². The number of para-hydroxylation sites is 10. The third-order valence-corrected chi connectivity index (χ3v) is 17.6. The quantitative estimate of drug-likeness (QED) is 0.140. The van der Waals surface area contributed by atoms with Crippen molar-refractivity contribution in [2.75, 3.05) is 14.7 Å². The number of imidazole rings is 2. The van der Waals surface area contributed by atoms with Gasteiger partial charge in [-0.05, 0) is 180 Å².